The van der Waals surface area contributed by atoms with Crippen LogP contribution in [0.15, 0.2) is 54.9 Å². The summed E-state index contributed by atoms with van der Waals surface area (Å²) in [5, 5.41) is 3.23. The zero-order valence-corrected chi connectivity index (χ0v) is 24.7. The Hall–Kier alpha value is -3.65. The predicted octanol–water partition coefficient (Wildman–Crippen LogP) is 4.12. The number of hydrogen-bond donors (Lipinski definition) is 2. The van der Waals surface area contributed by atoms with E-state index in [1.807, 2.05) is 30.6 Å². The van der Waals surface area contributed by atoms with E-state index < -0.39 is 6.04 Å². The van der Waals surface area contributed by atoms with E-state index in [9.17, 15) is 9.59 Å². The van der Waals surface area contributed by atoms with Gasteiger partial charge in [0.25, 0.3) is 0 Å². The molecule has 8 nitrogen and oxygen atoms in total. The fourth-order valence-corrected chi connectivity index (χ4v) is 5.93. The average molecular weight is 558 g/mol. The summed E-state index contributed by atoms with van der Waals surface area (Å²) in [5.41, 5.74) is 11.3. The third-order valence-electron chi connectivity index (χ3n) is 8.52. The van der Waals surface area contributed by atoms with E-state index in [4.69, 9.17) is 15.5 Å². The van der Waals surface area contributed by atoms with Gasteiger partial charge < -0.3 is 25.3 Å². The van der Waals surface area contributed by atoms with Gasteiger partial charge in [-0.2, -0.15) is 0 Å². The Labute approximate surface area is 243 Å². The first-order chi connectivity index (χ1) is 19.6. The first kappa shape index (κ1) is 28.9. The van der Waals surface area contributed by atoms with Gasteiger partial charge in [0.1, 0.15) is 11.8 Å². The number of nitrogens with one attached hydrogen (secondary N) is 1. The molecule has 0 radical (unpaired) electrons. The molecule has 0 bridgehead atoms. The molecule has 1 unspecified atom stereocenters. The van der Waals surface area contributed by atoms with Crippen LogP contribution in [0.3, 0.4) is 0 Å². The molecule has 0 saturated heterocycles. The highest BCUT2D eigenvalue weighted by Gasteiger charge is 2.38. The lowest BCUT2D eigenvalue weighted by atomic mass is 9.87. The van der Waals surface area contributed by atoms with Crippen LogP contribution in [0.5, 0.6) is 5.75 Å². The number of carbonyl (C=O) groups excluding carboxylic acids is 2. The Kier molecular flexibility index (Phi) is 8.50. The largest absolute Gasteiger partial charge is 0.497 e. The maximum Gasteiger partial charge on any atom is 0.243 e. The van der Waals surface area contributed by atoms with Crippen LogP contribution < -0.4 is 15.8 Å². The molecule has 1 aliphatic carbocycles. The van der Waals surface area contributed by atoms with Gasteiger partial charge in [-0.05, 0) is 59.9 Å². The topological polar surface area (TPSA) is 102 Å². The van der Waals surface area contributed by atoms with E-state index in [2.05, 4.69) is 54.9 Å². The Balaban J connectivity index is 1.38. The highest BCUT2D eigenvalue weighted by Crippen LogP contribution is 2.27. The van der Waals surface area contributed by atoms with Gasteiger partial charge in [0.2, 0.25) is 11.8 Å². The van der Waals surface area contributed by atoms with Crippen LogP contribution in [0.1, 0.15) is 74.5 Å². The van der Waals surface area contributed by atoms with Crippen LogP contribution >= 0.6 is 0 Å². The maximum absolute atomic E-state index is 13.8. The second-order valence-electron chi connectivity index (χ2n) is 12.6. The first-order valence-corrected chi connectivity index (χ1v) is 14.7. The molecule has 5 rings (SSSR count). The Morgan fingerprint density at radius 1 is 1.05 bits per heavy atom. The molecule has 218 valence electrons. The van der Waals surface area contributed by atoms with Crippen molar-refractivity contribution >= 4 is 11.8 Å². The number of methoxy groups -OCH3 is 1. The molecule has 1 fully saturated rings. The van der Waals surface area contributed by atoms with Crippen LogP contribution in [0.25, 0.3) is 0 Å². The molecule has 1 saturated carbocycles. The Morgan fingerprint density at radius 3 is 2.46 bits per heavy atom. The standard InChI is InChI=1S/C33H43N5O3/c1-33(2,3)24-10-8-22(9-11-24)19-37-21-35-28-18-29(32(40)36-26-14-12-25(34)13-15-26)38(20-30(28)37)31(39)17-23-6-5-7-27(16-23)41-4/h5-11,16,21,25-26,29H,12-15,17-20,34H2,1-4H3,(H,36,40). The predicted molar refractivity (Wildman–Crippen MR) is 160 cm³/mol. The van der Waals surface area contributed by atoms with E-state index in [0.717, 1.165) is 42.6 Å². The molecule has 3 N–H and O–H groups in total. The zero-order chi connectivity index (χ0) is 29.1. The quantitative estimate of drug-likeness (QED) is 0.455. The Morgan fingerprint density at radius 2 is 1.78 bits per heavy atom. The minimum Gasteiger partial charge on any atom is -0.497 e. The number of nitrogens with zero attached hydrogens (tertiary/aromatic N) is 3. The molecule has 2 aromatic carbocycles. The van der Waals surface area contributed by atoms with Crippen LogP contribution in [-0.4, -0.2) is 51.5 Å². The van der Waals surface area contributed by atoms with E-state index in [1.54, 1.807) is 12.0 Å². The average Bonchev–Trinajstić information content (AvgIpc) is 3.35. The van der Waals surface area contributed by atoms with Gasteiger partial charge in [-0.15, -0.1) is 0 Å². The summed E-state index contributed by atoms with van der Waals surface area (Å²) in [6.07, 6.45) is 5.97. The third kappa shape index (κ3) is 6.81. The van der Waals surface area contributed by atoms with Crippen molar-refractivity contribution in [2.45, 2.75) is 95.9 Å². The fourth-order valence-electron chi connectivity index (χ4n) is 5.93. The summed E-state index contributed by atoms with van der Waals surface area (Å²) >= 11 is 0. The minimum absolute atomic E-state index is 0.0861. The van der Waals surface area contributed by atoms with Crippen LogP contribution in [0.2, 0.25) is 0 Å². The van der Waals surface area contributed by atoms with Gasteiger partial charge in [-0.3, -0.25) is 9.59 Å². The molecule has 2 heterocycles. The molecule has 0 spiro atoms. The van der Waals surface area contributed by atoms with Crippen LogP contribution in [0.4, 0.5) is 0 Å². The molecule has 2 amide bonds. The fraction of sp³-hybridized carbons (Fsp3) is 0.485. The number of carbonyl (C=O) groups is 2. The highest BCUT2D eigenvalue weighted by molar-refractivity contribution is 5.89. The van der Waals surface area contributed by atoms with Gasteiger partial charge in [0, 0.05) is 25.0 Å². The number of rotatable bonds is 7. The van der Waals surface area contributed by atoms with Crippen molar-refractivity contribution in [3.8, 4) is 5.75 Å². The van der Waals surface area contributed by atoms with E-state index in [1.165, 1.54) is 11.1 Å². The normalized spacial score (nSPS) is 20.8. The van der Waals surface area contributed by atoms with Crippen molar-refractivity contribution < 1.29 is 14.3 Å². The van der Waals surface area contributed by atoms with E-state index in [0.29, 0.717) is 25.3 Å². The van der Waals surface area contributed by atoms with Gasteiger partial charge in [-0.25, -0.2) is 4.98 Å². The van der Waals surface area contributed by atoms with Crippen LogP contribution in [-0.2, 0) is 40.9 Å². The van der Waals surface area contributed by atoms with Gasteiger partial charge in [0.05, 0.1) is 37.8 Å². The third-order valence-corrected chi connectivity index (χ3v) is 8.52. The van der Waals surface area contributed by atoms with Crippen molar-refractivity contribution in [1.82, 2.24) is 19.8 Å². The molecule has 41 heavy (non-hydrogen) atoms. The minimum atomic E-state index is -0.606. The van der Waals surface area contributed by atoms with Crippen molar-refractivity contribution in [2.24, 2.45) is 5.73 Å². The summed E-state index contributed by atoms with van der Waals surface area (Å²) in [4.78, 5) is 33.9. The van der Waals surface area contributed by atoms with Crippen molar-refractivity contribution in [2.75, 3.05) is 7.11 Å². The second-order valence-corrected chi connectivity index (χ2v) is 12.6. The summed E-state index contributed by atoms with van der Waals surface area (Å²) in [5.74, 6) is 0.510. The summed E-state index contributed by atoms with van der Waals surface area (Å²) in [6, 6.07) is 15.9. The summed E-state index contributed by atoms with van der Waals surface area (Å²) in [6.45, 7) is 7.62. The molecule has 1 aliphatic heterocycles. The number of imidazole rings is 1. The lowest BCUT2D eigenvalue weighted by molar-refractivity contribution is -0.141. The zero-order valence-electron chi connectivity index (χ0n) is 24.7. The van der Waals surface area contributed by atoms with Crippen molar-refractivity contribution in [3.63, 3.8) is 0 Å². The number of benzene rings is 2. The Bertz CT molecular complexity index is 1370. The lowest BCUT2D eigenvalue weighted by Crippen LogP contribution is -2.55. The van der Waals surface area contributed by atoms with Gasteiger partial charge in [-0.1, -0.05) is 57.2 Å². The maximum atomic E-state index is 13.8. The van der Waals surface area contributed by atoms with Gasteiger partial charge >= 0.3 is 0 Å². The number of amides is 2. The number of hydrogen-bond acceptors (Lipinski definition) is 5. The molecular weight excluding hydrogens is 514 g/mol. The number of fused-ring (bicyclic) bond motifs is 1. The SMILES string of the molecule is COc1cccc(CC(=O)N2Cc3c(ncn3Cc3ccc(C(C)(C)C)cc3)CC2C(=O)NC2CCC(N)CC2)c1. The molecular formula is C33H43N5O3. The molecule has 1 atom stereocenters. The monoisotopic (exact) mass is 557 g/mol. The first-order valence-electron chi connectivity index (χ1n) is 14.7. The summed E-state index contributed by atoms with van der Waals surface area (Å²) in [7, 11) is 1.61. The van der Waals surface area contributed by atoms with Gasteiger partial charge in [0.15, 0.2) is 0 Å². The summed E-state index contributed by atoms with van der Waals surface area (Å²) < 4.78 is 7.47. The van der Waals surface area contributed by atoms with E-state index >= 15 is 0 Å². The smallest absolute Gasteiger partial charge is 0.243 e. The molecule has 8 heteroatoms. The molecule has 3 aromatic rings. The molecule has 2 aliphatic rings. The number of aromatic nitrogens is 2. The van der Waals surface area contributed by atoms with Crippen molar-refractivity contribution in [1.29, 1.82) is 0 Å². The van der Waals surface area contributed by atoms with Crippen molar-refractivity contribution in [3.05, 3.63) is 82.9 Å². The van der Waals surface area contributed by atoms with Crippen LogP contribution in [0, 0.1) is 0 Å². The lowest BCUT2D eigenvalue weighted by Gasteiger charge is -2.36. The number of nitrogens with two attached hydrogens (primary N) is 1. The second kappa shape index (κ2) is 12.1. The van der Waals surface area contributed by atoms with E-state index in [-0.39, 0.29) is 35.7 Å². The molecule has 1 aromatic heterocycles. The number of ether oxygens (including phenoxy) is 1. The highest BCUT2D eigenvalue weighted by atomic mass is 16.5.